The second-order valence-corrected chi connectivity index (χ2v) is 6.15. The van der Waals surface area contributed by atoms with E-state index in [-0.39, 0.29) is 10.6 Å². The number of nitro benzene ring substituents is 1. The summed E-state index contributed by atoms with van der Waals surface area (Å²) < 4.78 is 2.61. The zero-order valence-corrected chi connectivity index (χ0v) is 13.0. The zero-order valence-electron chi connectivity index (χ0n) is 11.5. The van der Waals surface area contributed by atoms with E-state index < -0.39 is 0 Å². The number of rotatable bonds is 6. The van der Waals surface area contributed by atoms with Crippen molar-refractivity contribution in [1.82, 2.24) is 9.88 Å². The number of nitrogens with one attached hydrogen (secondary N) is 1. The maximum atomic E-state index is 10.9. The fourth-order valence-electron chi connectivity index (χ4n) is 2.27. The molecule has 1 aromatic carbocycles. The van der Waals surface area contributed by atoms with Crippen molar-refractivity contribution in [3.8, 4) is 0 Å². The van der Waals surface area contributed by atoms with Crippen LogP contribution in [0.5, 0.6) is 0 Å². The topological polar surface area (TPSA) is 60.1 Å². The molecule has 110 valence electrons. The van der Waals surface area contributed by atoms with Gasteiger partial charge in [0.2, 0.25) is 0 Å². The van der Waals surface area contributed by atoms with Gasteiger partial charge >= 0.3 is 0 Å². The predicted molar refractivity (Wildman–Crippen MR) is 84.2 cm³/mol. The first-order chi connectivity index (χ1) is 10.1. The summed E-state index contributed by atoms with van der Waals surface area (Å²) in [5, 5.41) is 14.4. The van der Waals surface area contributed by atoms with Crippen molar-refractivity contribution in [2.45, 2.75) is 32.0 Å². The van der Waals surface area contributed by atoms with Gasteiger partial charge in [-0.1, -0.05) is 12.1 Å². The molecule has 5 nitrogen and oxygen atoms in total. The molecule has 1 aromatic heterocycles. The third-order valence-corrected chi connectivity index (χ3v) is 4.51. The van der Waals surface area contributed by atoms with Crippen LogP contribution >= 0.6 is 15.9 Å². The highest BCUT2D eigenvalue weighted by Gasteiger charge is 2.20. The summed E-state index contributed by atoms with van der Waals surface area (Å²) in [6, 6.07) is 7.91. The minimum absolute atomic E-state index is 0.107. The monoisotopic (exact) mass is 349 g/mol. The third kappa shape index (κ3) is 3.51. The maximum Gasteiger partial charge on any atom is 0.283 e. The van der Waals surface area contributed by atoms with E-state index in [4.69, 9.17) is 0 Å². The highest BCUT2D eigenvalue weighted by atomic mass is 79.9. The highest BCUT2D eigenvalue weighted by molar-refractivity contribution is 9.10. The number of aromatic nitrogens is 1. The molecule has 1 saturated carbocycles. The first-order valence-corrected chi connectivity index (χ1v) is 7.72. The Morgan fingerprint density at radius 3 is 2.90 bits per heavy atom. The summed E-state index contributed by atoms with van der Waals surface area (Å²) in [6.45, 7) is 1.50. The molecule has 1 aliphatic carbocycles. The average Bonchev–Trinajstić information content (AvgIpc) is 3.18. The highest BCUT2D eigenvalue weighted by Crippen LogP contribution is 2.29. The summed E-state index contributed by atoms with van der Waals surface area (Å²) in [4.78, 5) is 10.6. The molecular formula is C15H16BrN3O2. The summed E-state index contributed by atoms with van der Waals surface area (Å²) in [5.41, 5.74) is 2.25. The van der Waals surface area contributed by atoms with Gasteiger partial charge < -0.3 is 9.88 Å². The van der Waals surface area contributed by atoms with Gasteiger partial charge in [0.25, 0.3) is 5.69 Å². The van der Waals surface area contributed by atoms with Gasteiger partial charge in [0.1, 0.15) is 4.47 Å². The Hall–Kier alpha value is -1.66. The SMILES string of the molecule is O=[N+]([O-])c1cccc(Cn2ccc(CNC3CC3)c2)c1Br. The van der Waals surface area contributed by atoms with E-state index in [1.807, 2.05) is 16.8 Å². The van der Waals surface area contributed by atoms with Gasteiger partial charge in [0, 0.05) is 37.6 Å². The van der Waals surface area contributed by atoms with Crippen LogP contribution in [0.15, 0.2) is 41.1 Å². The van der Waals surface area contributed by atoms with Gasteiger partial charge in [0.15, 0.2) is 0 Å². The van der Waals surface area contributed by atoms with Gasteiger partial charge in [-0.25, -0.2) is 0 Å². The molecule has 0 atom stereocenters. The Morgan fingerprint density at radius 1 is 1.38 bits per heavy atom. The zero-order chi connectivity index (χ0) is 14.8. The van der Waals surface area contributed by atoms with E-state index in [1.165, 1.54) is 24.5 Å². The lowest BCUT2D eigenvalue weighted by molar-refractivity contribution is -0.385. The Morgan fingerprint density at radius 2 is 2.19 bits per heavy atom. The van der Waals surface area contributed by atoms with Gasteiger partial charge in [-0.3, -0.25) is 10.1 Å². The van der Waals surface area contributed by atoms with E-state index in [2.05, 4.69) is 33.5 Å². The first kappa shape index (κ1) is 14.3. The van der Waals surface area contributed by atoms with Crippen molar-refractivity contribution in [2.75, 3.05) is 0 Å². The van der Waals surface area contributed by atoms with Crippen LogP contribution in [0.2, 0.25) is 0 Å². The second kappa shape index (κ2) is 5.99. The molecule has 0 bridgehead atoms. The molecule has 1 heterocycles. The van der Waals surface area contributed by atoms with Crippen molar-refractivity contribution in [1.29, 1.82) is 0 Å². The lowest BCUT2D eigenvalue weighted by Crippen LogP contribution is -2.14. The van der Waals surface area contributed by atoms with Crippen molar-refractivity contribution < 1.29 is 4.92 Å². The van der Waals surface area contributed by atoms with Crippen molar-refractivity contribution in [2.24, 2.45) is 0 Å². The summed E-state index contributed by atoms with van der Waals surface area (Å²) in [6.07, 6.45) is 6.65. The lowest BCUT2D eigenvalue weighted by atomic mass is 10.2. The minimum Gasteiger partial charge on any atom is -0.350 e. The molecule has 0 spiro atoms. The molecular weight excluding hydrogens is 334 g/mol. The number of halogens is 1. The number of benzene rings is 1. The largest absolute Gasteiger partial charge is 0.350 e. The Bertz CT molecular complexity index is 665. The summed E-state index contributed by atoms with van der Waals surface area (Å²) >= 11 is 3.34. The van der Waals surface area contributed by atoms with Crippen LogP contribution in [0.25, 0.3) is 0 Å². The van der Waals surface area contributed by atoms with Gasteiger partial charge in [0.05, 0.1) is 4.92 Å². The molecule has 6 heteroatoms. The molecule has 0 saturated heterocycles. The lowest BCUT2D eigenvalue weighted by Gasteiger charge is -2.06. The fraction of sp³-hybridized carbons (Fsp3) is 0.333. The fourth-order valence-corrected chi connectivity index (χ4v) is 2.80. The molecule has 1 N–H and O–H groups in total. The number of hydrogen-bond donors (Lipinski definition) is 1. The van der Waals surface area contributed by atoms with Gasteiger partial charge in [-0.05, 0) is 46.0 Å². The number of nitro groups is 1. The van der Waals surface area contributed by atoms with Gasteiger partial charge in [-0.15, -0.1) is 0 Å². The quantitative estimate of drug-likeness (QED) is 0.641. The molecule has 2 aromatic rings. The van der Waals surface area contributed by atoms with Crippen LogP contribution in [0, 0.1) is 10.1 Å². The molecule has 0 aliphatic heterocycles. The smallest absolute Gasteiger partial charge is 0.283 e. The van der Waals surface area contributed by atoms with Crippen molar-refractivity contribution in [3.05, 3.63) is 62.4 Å². The van der Waals surface area contributed by atoms with E-state index in [1.54, 1.807) is 6.07 Å². The second-order valence-electron chi connectivity index (χ2n) is 5.35. The van der Waals surface area contributed by atoms with E-state index in [0.717, 1.165) is 12.1 Å². The van der Waals surface area contributed by atoms with Crippen LogP contribution in [0.1, 0.15) is 24.0 Å². The maximum absolute atomic E-state index is 10.9. The Balaban J connectivity index is 1.71. The Kier molecular flexibility index (Phi) is 4.07. The van der Waals surface area contributed by atoms with Crippen LogP contribution in [0.3, 0.4) is 0 Å². The van der Waals surface area contributed by atoms with E-state index in [0.29, 0.717) is 17.1 Å². The molecule has 21 heavy (non-hydrogen) atoms. The van der Waals surface area contributed by atoms with Crippen LogP contribution in [-0.2, 0) is 13.1 Å². The third-order valence-electron chi connectivity index (χ3n) is 3.59. The Labute approximate surface area is 131 Å². The van der Waals surface area contributed by atoms with Crippen molar-refractivity contribution in [3.63, 3.8) is 0 Å². The number of nitrogens with zero attached hydrogens (tertiary/aromatic N) is 2. The standard InChI is InChI=1S/C15H16BrN3O2/c16-15-12(2-1-3-14(15)19(20)21)10-18-7-6-11(9-18)8-17-13-4-5-13/h1-3,6-7,9,13,17H,4-5,8,10H2. The van der Waals surface area contributed by atoms with Crippen LogP contribution in [-0.4, -0.2) is 15.5 Å². The normalized spacial score (nSPS) is 14.3. The minimum atomic E-state index is -0.367. The molecule has 0 radical (unpaired) electrons. The molecule has 0 unspecified atom stereocenters. The predicted octanol–water partition coefficient (Wildman–Crippen LogP) is 3.46. The first-order valence-electron chi connectivity index (χ1n) is 6.93. The van der Waals surface area contributed by atoms with Crippen LogP contribution < -0.4 is 5.32 Å². The number of hydrogen-bond acceptors (Lipinski definition) is 3. The average molecular weight is 350 g/mol. The molecule has 1 fully saturated rings. The van der Waals surface area contributed by atoms with Crippen LogP contribution in [0.4, 0.5) is 5.69 Å². The van der Waals surface area contributed by atoms with E-state index in [9.17, 15) is 10.1 Å². The van der Waals surface area contributed by atoms with Gasteiger partial charge in [-0.2, -0.15) is 0 Å². The summed E-state index contributed by atoms with van der Waals surface area (Å²) in [5.74, 6) is 0. The molecule has 1 aliphatic rings. The molecule has 0 amide bonds. The summed E-state index contributed by atoms with van der Waals surface area (Å²) in [7, 11) is 0. The molecule has 3 rings (SSSR count). The van der Waals surface area contributed by atoms with E-state index >= 15 is 0 Å². The van der Waals surface area contributed by atoms with Crippen molar-refractivity contribution >= 4 is 21.6 Å².